The van der Waals surface area contributed by atoms with Gasteiger partial charge in [-0.3, -0.25) is 4.79 Å². The number of carbonyl (C=O) groups excluding carboxylic acids is 1. The summed E-state index contributed by atoms with van der Waals surface area (Å²) in [6, 6.07) is 13.6. The van der Waals surface area contributed by atoms with Crippen LogP contribution in [0.2, 0.25) is 0 Å². The van der Waals surface area contributed by atoms with E-state index in [-0.39, 0.29) is 17.6 Å². The Morgan fingerprint density at radius 1 is 1.20 bits per heavy atom. The number of amides is 1. The summed E-state index contributed by atoms with van der Waals surface area (Å²) in [5.41, 5.74) is 1.57. The molecule has 186 valence electrons. The van der Waals surface area contributed by atoms with Crippen LogP contribution in [0.5, 0.6) is 5.88 Å². The molecule has 0 aliphatic carbocycles. The summed E-state index contributed by atoms with van der Waals surface area (Å²) in [5.74, 6) is -2.05. The first-order valence-corrected chi connectivity index (χ1v) is 10.9. The number of ether oxygens (including phenoxy) is 2. The summed E-state index contributed by atoms with van der Waals surface area (Å²) in [4.78, 5) is 27.9. The summed E-state index contributed by atoms with van der Waals surface area (Å²) < 4.78 is 45.9. The quantitative estimate of drug-likeness (QED) is 0.601. The number of likely N-dealkylation sites (tertiary alicyclic amines) is 1. The minimum atomic E-state index is -5.08. The average molecular weight is 491 g/mol. The van der Waals surface area contributed by atoms with Gasteiger partial charge in [0.05, 0.1) is 19.7 Å². The molecule has 35 heavy (non-hydrogen) atoms. The highest BCUT2D eigenvalue weighted by molar-refractivity contribution is 5.98. The summed E-state index contributed by atoms with van der Waals surface area (Å²) in [6.07, 6.45) is 0.358. The third-order valence-electron chi connectivity index (χ3n) is 5.99. The van der Waals surface area contributed by atoms with Gasteiger partial charge < -0.3 is 24.0 Å². The van der Waals surface area contributed by atoms with Gasteiger partial charge in [-0.2, -0.15) is 13.2 Å². The van der Waals surface area contributed by atoms with Crippen LogP contribution in [0.3, 0.4) is 0 Å². The Bertz CT molecular complexity index is 1210. The molecule has 2 fully saturated rings. The fourth-order valence-electron chi connectivity index (χ4n) is 4.28. The van der Waals surface area contributed by atoms with Crippen LogP contribution in [0.1, 0.15) is 23.2 Å². The second-order valence-corrected chi connectivity index (χ2v) is 8.60. The third kappa shape index (κ3) is 5.56. The first kappa shape index (κ1) is 24.5. The van der Waals surface area contributed by atoms with Gasteiger partial charge in [-0.05, 0) is 30.3 Å². The highest BCUT2D eigenvalue weighted by atomic mass is 19.4. The van der Waals surface area contributed by atoms with Crippen LogP contribution in [0.4, 0.5) is 13.2 Å². The first-order valence-electron chi connectivity index (χ1n) is 10.9. The van der Waals surface area contributed by atoms with Crippen molar-refractivity contribution in [1.82, 2.24) is 14.5 Å². The largest absolute Gasteiger partial charge is 0.490 e. The first-order chi connectivity index (χ1) is 16.6. The highest BCUT2D eigenvalue weighted by Crippen LogP contribution is 2.36. The topological polar surface area (TPSA) is 93.9 Å². The molecule has 5 rings (SSSR count). The Balaban J connectivity index is 0.000000364. The Morgan fingerprint density at radius 2 is 1.94 bits per heavy atom. The molecule has 1 aromatic carbocycles. The summed E-state index contributed by atoms with van der Waals surface area (Å²) in [5, 5.41) is 8.21. The molecule has 1 N–H and O–H groups in total. The van der Waals surface area contributed by atoms with Gasteiger partial charge in [0.2, 0.25) is 5.88 Å². The number of pyridine rings is 1. The lowest BCUT2D eigenvalue weighted by Gasteiger charge is -2.52. The minimum Gasteiger partial charge on any atom is -0.475 e. The standard InChI is InChI=1S/C22H23N3O3.C2HF3O2/c1-24-10-7-16-12-17(5-6-19(16)24)21(26)25-14-22(15-25)13-18(8-11-27-22)28-20-4-2-3-9-23-20;3-2(4,5)1(6)7/h2-7,9-10,12,18H,8,11,13-15H2,1H3;(H,6,7). The molecule has 2 aliphatic rings. The normalized spacial score (nSPS) is 19.0. The van der Waals surface area contributed by atoms with E-state index in [2.05, 4.69) is 9.55 Å². The smallest absolute Gasteiger partial charge is 0.475 e. The molecule has 1 spiro atoms. The Hall–Kier alpha value is -3.60. The number of carbonyl (C=O) groups is 2. The molecule has 2 aromatic heterocycles. The van der Waals surface area contributed by atoms with E-state index in [9.17, 15) is 18.0 Å². The summed E-state index contributed by atoms with van der Waals surface area (Å²) >= 11 is 0. The van der Waals surface area contributed by atoms with Crippen molar-refractivity contribution in [3.63, 3.8) is 0 Å². The van der Waals surface area contributed by atoms with Crippen molar-refractivity contribution in [2.75, 3.05) is 19.7 Å². The van der Waals surface area contributed by atoms with E-state index in [0.717, 1.165) is 29.3 Å². The molecule has 1 amide bonds. The fraction of sp³-hybridized carbons (Fsp3) is 0.375. The number of nitrogens with zero attached hydrogens (tertiary/aromatic N) is 3. The van der Waals surface area contributed by atoms with Gasteiger partial charge in [0.25, 0.3) is 5.91 Å². The molecule has 0 saturated carbocycles. The Kier molecular flexibility index (Phi) is 6.70. The number of aromatic nitrogens is 2. The van der Waals surface area contributed by atoms with Crippen molar-refractivity contribution in [3.8, 4) is 5.88 Å². The Labute approximate surface area is 198 Å². The minimum absolute atomic E-state index is 0.0627. The van der Waals surface area contributed by atoms with Crippen molar-refractivity contribution >= 4 is 22.8 Å². The maximum Gasteiger partial charge on any atom is 0.490 e. The second-order valence-electron chi connectivity index (χ2n) is 8.60. The summed E-state index contributed by atoms with van der Waals surface area (Å²) in [6.45, 7) is 1.87. The predicted octanol–water partition coefficient (Wildman–Crippen LogP) is 3.66. The van der Waals surface area contributed by atoms with E-state index < -0.39 is 12.1 Å². The van der Waals surface area contributed by atoms with E-state index in [0.29, 0.717) is 25.6 Å². The molecule has 1 atom stereocenters. The third-order valence-corrected chi connectivity index (χ3v) is 5.99. The molecule has 2 saturated heterocycles. The number of aryl methyl sites for hydroxylation is 1. The highest BCUT2D eigenvalue weighted by Gasteiger charge is 2.50. The predicted molar refractivity (Wildman–Crippen MR) is 119 cm³/mol. The van der Waals surface area contributed by atoms with Crippen molar-refractivity contribution in [2.24, 2.45) is 7.05 Å². The Morgan fingerprint density at radius 3 is 2.60 bits per heavy atom. The van der Waals surface area contributed by atoms with Gasteiger partial charge in [0.1, 0.15) is 11.7 Å². The molecule has 0 bridgehead atoms. The number of alkyl halides is 3. The molecule has 1 unspecified atom stereocenters. The van der Waals surface area contributed by atoms with Gasteiger partial charge >= 0.3 is 12.1 Å². The molecule has 0 radical (unpaired) electrons. The number of carboxylic acid groups (broad SMARTS) is 1. The van der Waals surface area contributed by atoms with Crippen molar-refractivity contribution in [2.45, 2.75) is 30.7 Å². The number of carboxylic acids is 1. The second kappa shape index (κ2) is 9.57. The van der Waals surface area contributed by atoms with Gasteiger partial charge in [0, 0.05) is 54.8 Å². The number of benzene rings is 1. The zero-order chi connectivity index (χ0) is 25.2. The number of hydrogen-bond donors (Lipinski definition) is 1. The summed E-state index contributed by atoms with van der Waals surface area (Å²) in [7, 11) is 2.01. The van der Waals surface area contributed by atoms with Gasteiger partial charge in [0.15, 0.2) is 0 Å². The van der Waals surface area contributed by atoms with Crippen LogP contribution < -0.4 is 4.74 Å². The molecule has 11 heteroatoms. The van der Waals surface area contributed by atoms with Crippen LogP contribution in [0, 0.1) is 0 Å². The van der Waals surface area contributed by atoms with Crippen LogP contribution in [0.25, 0.3) is 10.9 Å². The van der Waals surface area contributed by atoms with Gasteiger partial charge in [-0.25, -0.2) is 9.78 Å². The van der Waals surface area contributed by atoms with Crippen molar-refractivity contribution in [3.05, 3.63) is 60.4 Å². The molecular formula is C24H24F3N3O5. The zero-order valence-corrected chi connectivity index (χ0v) is 18.9. The van der Waals surface area contributed by atoms with Gasteiger partial charge in [-0.1, -0.05) is 6.07 Å². The van der Waals surface area contributed by atoms with Crippen LogP contribution in [-0.4, -0.2) is 69.0 Å². The van der Waals surface area contributed by atoms with E-state index in [1.165, 1.54) is 0 Å². The lowest BCUT2D eigenvalue weighted by Crippen LogP contribution is -2.67. The van der Waals surface area contributed by atoms with Gasteiger partial charge in [-0.15, -0.1) is 0 Å². The van der Waals surface area contributed by atoms with E-state index >= 15 is 0 Å². The number of hydrogen-bond acceptors (Lipinski definition) is 5. The van der Waals surface area contributed by atoms with Crippen molar-refractivity contribution in [1.29, 1.82) is 0 Å². The lowest BCUT2D eigenvalue weighted by atomic mass is 9.84. The molecule has 8 nitrogen and oxygen atoms in total. The number of halogens is 3. The maximum atomic E-state index is 12.9. The zero-order valence-electron chi connectivity index (χ0n) is 18.9. The number of aliphatic carboxylic acids is 1. The maximum absolute atomic E-state index is 12.9. The van der Waals surface area contributed by atoms with E-state index in [4.69, 9.17) is 19.4 Å². The lowest BCUT2D eigenvalue weighted by molar-refractivity contribution is -0.192. The number of fused-ring (bicyclic) bond motifs is 1. The van der Waals surface area contributed by atoms with Crippen LogP contribution in [0.15, 0.2) is 54.9 Å². The number of rotatable bonds is 3. The molecule has 2 aliphatic heterocycles. The fourth-order valence-corrected chi connectivity index (χ4v) is 4.28. The average Bonchev–Trinajstić information content (AvgIpc) is 3.17. The molecular weight excluding hydrogens is 467 g/mol. The monoisotopic (exact) mass is 491 g/mol. The van der Waals surface area contributed by atoms with E-state index in [1.807, 2.05) is 60.6 Å². The SMILES string of the molecule is Cn1ccc2cc(C(=O)N3CC4(CC(Oc5ccccn5)CCO4)C3)ccc21.O=C(O)C(F)(F)F. The van der Waals surface area contributed by atoms with Crippen LogP contribution >= 0.6 is 0 Å². The van der Waals surface area contributed by atoms with Crippen LogP contribution in [-0.2, 0) is 16.6 Å². The van der Waals surface area contributed by atoms with Crippen molar-refractivity contribution < 1.29 is 37.3 Å². The molecule has 3 aromatic rings. The molecule has 4 heterocycles. The van der Waals surface area contributed by atoms with E-state index in [1.54, 1.807) is 6.20 Å².